The molecule has 202 valence electrons. The number of hydrogen-bond donors (Lipinski definition) is 5. The zero-order chi connectivity index (χ0) is 27.3. The quantitative estimate of drug-likeness (QED) is 0.299. The number of nitrogens with two attached hydrogens (primary N) is 3. The zero-order valence-electron chi connectivity index (χ0n) is 21.8. The summed E-state index contributed by atoms with van der Waals surface area (Å²) in [5.41, 5.74) is 22.2. The number of nitrogen functional groups attached to an aromatic ring is 1. The van der Waals surface area contributed by atoms with Gasteiger partial charge < -0.3 is 32.6 Å². The molecule has 5 unspecified atom stereocenters. The molecule has 5 atom stereocenters. The number of rotatable bonds is 6. The molecule has 3 aromatic carbocycles. The number of hydrogen-bond acceptors (Lipinski definition) is 8. The first kappa shape index (κ1) is 25.9. The number of aryl methyl sites for hydroxylation is 1. The number of amides is 1. The van der Waals surface area contributed by atoms with E-state index in [-0.39, 0.29) is 17.7 Å². The molecule has 3 aromatic rings. The van der Waals surface area contributed by atoms with Gasteiger partial charge in [-0.25, -0.2) is 0 Å². The molecule has 8 nitrogen and oxygen atoms in total. The summed E-state index contributed by atoms with van der Waals surface area (Å²) in [5, 5.41) is 5.91. The van der Waals surface area contributed by atoms with Crippen LogP contribution in [0.25, 0.3) is 0 Å². The summed E-state index contributed by atoms with van der Waals surface area (Å²) in [7, 11) is 0. The second kappa shape index (κ2) is 9.98. The SMILES string of the molecule is Cc1cc(Oc2ccccc2)ccc1C1(N)C(=O)C(N)C2c3c1ccc(N)c3SC2C(=O)NCC1CCCN1. The van der Waals surface area contributed by atoms with E-state index in [1.54, 1.807) is 6.07 Å². The van der Waals surface area contributed by atoms with E-state index < -0.39 is 22.7 Å². The minimum atomic E-state index is -1.48. The van der Waals surface area contributed by atoms with Gasteiger partial charge in [-0.3, -0.25) is 9.59 Å². The predicted molar refractivity (Wildman–Crippen MR) is 153 cm³/mol. The third-order valence-electron chi connectivity index (χ3n) is 8.18. The number of Topliss-reactive ketones (excluding diaryl/α,β-unsaturated/α-hetero) is 1. The van der Waals surface area contributed by atoms with Crippen LogP contribution in [-0.2, 0) is 15.1 Å². The molecule has 3 aliphatic rings. The third kappa shape index (κ3) is 4.30. The molecular weight excluding hydrogens is 510 g/mol. The molecule has 1 aliphatic carbocycles. The van der Waals surface area contributed by atoms with Crippen molar-refractivity contribution in [2.75, 3.05) is 18.8 Å². The molecule has 0 aromatic heterocycles. The predicted octanol–water partition coefficient (Wildman–Crippen LogP) is 2.91. The monoisotopic (exact) mass is 543 g/mol. The third-order valence-corrected chi connectivity index (χ3v) is 9.63. The van der Waals surface area contributed by atoms with Gasteiger partial charge in [-0.2, -0.15) is 0 Å². The van der Waals surface area contributed by atoms with Crippen molar-refractivity contribution in [1.29, 1.82) is 0 Å². The Bertz CT molecular complexity index is 1440. The first-order chi connectivity index (χ1) is 18.8. The van der Waals surface area contributed by atoms with Crippen LogP contribution in [0, 0.1) is 6.92 Å². The van der Waals surface area contributed by atoms with Gasteiger partial charge in [0.2, 0.25) is 5.91 Å². The molecule has 0 bridgehead atoms. The van der Waals surface area contributed by atoms with Gasteiger partial charge in [-0.15, -0.1) is 11.8 Å². The summed E-state index contributed by atoms with van der Waals surface area (Å²) in [6.45, 7) is 3.41. The van der Waals surface area contributed by atoms with Crippen molar-refractivity contribution in [2.24, 2.45) is 11.5 Å². The second-order valence-corrected chi connectivity index (χ2v) is 11.8. The Balaban J connectivity index is 1.35. The minimum Gasteiger partial charge on any atom is -0.457 e. The Morgan fingerprint density at radius 3 is 2.62 bits per heavy atom. The van der Waals surface area contributed by atoms with Crippen LogP contribution >= 0.6 is 11.8 Å². The van der Waals surface area contributed by atoms with Gasteiger partial charge in [0.1, 0.15) is 17.0 Å². The maximum absolute atomic E-state index is 14.1. The molecule has 9 heteroatoms. The first-order valence-electron chi connectivity index (χ1n) is 13.3. The summed E-state index contributed by atoms with van der Waals surface area (Å²) < 4.78 is 5.99. The number of benzene rings is 3. The van der Waals surface area contributed by atoms with Crippen LogP contribution in [-0.4, -0.2) is 42.1 Å². The van der Waals surface area contributed by atoms with Crippen LogP contribution in [0.3, 0.4) is 0 Å². The van der Waals surface area contributed by atoms with Gasteiger partial charge in [0.25, 0.3) is 0 Å². The summed E-state index contributed by atoms with van der Waals surface area (Å²) >= 11 is 1.38. The number of ketones is 1. The molecule has 6 rings (SSSR count). The second-order valence-electron chi connectivity index (χ2n) is 10.6. The van der Waals surface area contributed by atoms with Crippen LogP contribution in [0.4, 0.5) is 5.69 Å². The molecule has 8 N–H and O–H groups in total. The van der Waals surface area contributed by atoms with E-state index in [9.17, 15) is 9.59 Å². The maximum Gasteiger partial charge on any atom is 0.234 e. The number of ether oxygens (including phenoxy) is 1. The Morgan fingerprint density at radius 2 is 1.90 bits per heavy atom. The van der Waals surface area contributed by atoms with Crippen molar-refractivity contribution in [3.05, 3.63) is 82.9 Å². The van der Waals surface area contributed by atoms with E-state index in [0.29, 0.717) is 34.9 Å². The molecule has 0 saturated carbocycles. The van der Waals surface area contributed by atoms with Crippen molar-refractivity contribution >= 4 is 29.1 Å². The number of para-hydroxylation sites is 1. The summed E-state index contributed by atoms with van der Waals surface area (Å²) in [6, 6.07) is 17.9. The van der Waals surface area contributed by atoms with Crippen LogP contribution in [0.15, 0.2) is 65.6 Å². The lowest BCUT2D eigenvalue weighted by molar-refractivity contribution is -0.126. The van der Waals surface area contributed by atoms with Gasteiger partial charge in [0, 0.05) is 29.1 Å². The van der Waals surface area contributed by atoms with E-state index in [2.05, 4.69) is 10.6 Å². The topological polar surface area (TPSA) is 145 Å². The normalized spacial score (nSPS) is 27.3. The van der Waals surface area contributed by atoms with Crippen LogP contribution in [0.2, 0.25) is 0 Å². The standard InChI is InChI=1S/C30H33N5O3S/c1-16-14-19(38-18-7-3-2-4-8-18)9-10-20(16)30(33)21-11-12-22(31)26-23(21)24(25(32)28(30)36)27(39-26)29(37)35-15-17-6-5-13-34-17/h2-4,7-12,14,17,24-25,27,34H,5-6,13,15,31-33H2,1H3,(H,35,37). The highest BCUT2D eigenvalue weighted by Gasteiger charge is 2.56. The largest absolute Gasteiger partial charge is 0.457 e. The van der Waals surface area contributed by atoms with Gasteiger partial charge in [-0.1, -0.05) is 30.3 Å². The van der Waals surface area contributed by atoms with Gasteiger partial charge in [0.05, 0.1) is 11.3 Å². The lowest BCUT2D eigenvalue weighted by Crippen LogP contribution is -2.60. The van der Waals surface area contributed by atoms with Crippen molar-refractivity contribution in [3.8, 4) is 11.5 Å². The molecule has 1 fully saturated rings. The van der Waals surface area contributed by atoms with Crippen LogP contribution in [0.1, 0.15) is 41.0 Å². The van der Waals surface area contributed by atoms with Crippen molar-refractivity contribution in [1.82, 2.24) is 10.6 Å². The smallest absolute Gasteiger partial charge is 0.234 e. The molecule has 1 amide bonds. The molecule has 2 aliphatic heterocycles. The number of thioether (sulfide) groups is 1. The fourth-order valence-corrected chi connectivity index (χ4v) is 7.69. The minimum absolute atomic E-state index is 0.133. The fourth-order valence-electron chi connectivity index (χ4n) is 6.22. The molecular formula is C30H33N5O3S. The number of anilines is 1. The zero-order valence-corrected chi connectivity index (χ0v) is 22.6. The van der Waals surface area contributed by atoms with E-state index in [4.69, 9.17) is 21.9 Å². The molecule has 39 heavy (non-hydrogen) atoms. The van der Waals surface area contributed by atoms with Gasteiger partial charge in [-0.05, 0) is 78.9 Å². The Morgan fingerprint density at radius 1 is 1.13 bits per heavy atom. The Hall–Kier alpha value is -3.37. The summed E-state index contributed by atoms with van der Waals surface area (Å²) in [5.74, 6) is 0.403. The van der Waals surface area contributed by atoms with Crippen molar-refractivity contribution in [3.63, 3.8) is 0 Å². The Kier molecular flexibility index (Phi) is 6.63. The maximum atomic E-state index is 14.1. The van der Waals surface area contributed by atoms with Gasteiger partial charge in [0.15, 0.2) is 5.78 Å². The lowest BCUT2D eigenvalue weighted by atomic mass is 9.64. The van der Waals surface area contributed by atoms with Crippen LogP contribution < -0.4 is 32.6 Å². The molecule has 0 spiro atoms. The summed E-state index contributed by atoms with van der Waals surface area (Å²) in [6.07, 6.45) is 2.13. The number of carbonyl (C=O) groups excluding carboxylic acids is 2. The molecule has 0 radical (unpaired) electrons. The Labute approximate surface area is 232 Å². The van der Waals surface area contributed by atoms with E-state index in [1.165, 1.54) is 11.8 Å². The molecule has 2 heterocycles. The van der Waals surface area contributed by atoms with Crippen molar-refractivity contribution < 1.29 is 14.3 Å². The van der Waals surface area contributed by atoms with E-state index in [1.807, 2.05) is 61.5 Å². The van der Waals surface area contributed by atoms with E-state index in [0.717, 1.165) is 35.4 Å². The number of nitrogens with one attached hydrogen (secondary N) is 2. The first-order valence-corrected chi connectivity index (χ1v) is 14.2. The van der Waals surface area contributed by atoms with Crippen LogP contribution in [0.5, 0.6) is 11.5 Å². The van der Waals surface area contributed by atoms with Gasteiger partial charge >= 0.3 is 0 Å². The van der Waals surface area contributed by atoms with E-state index >= 15 is 0 Å². The lowest BCUT2D eigenvalue weighted by Gasteiger charge is -2.42. The molecule has 1 saturated heterocycles. The van der Waals surface area contributed by atoms with Crippen molar-refractivity contribution in [2.45, 2.75) is 53.5 Å². The average molecular weight is 544 g/mol. The fraction of sp³-hybridized carbons (Fsp3) is 0.333. The number of carbonyl (C=O) groups is 2. The highest BCUT2D eigenvalue weighted by molar-refractivity contribution is 8.01. The highest BCUT2D eigenvalue weighted by Crippen LogP contribution is 2.56. The summed E-state index contributed by atoms with van der Waals surface area (Å²) in [4.78, 5) is 28.3. The highest BCUT2D eigenvalue weighted by atomic mass is 32.2. The average Bonchev–Trinajstić information content (AvgIpc) is 3.60.